The normalized spacial score (nSPS) is 12.7. The van der Waals surface area contributed by atoms with E-state index in [0.29, 0.717) is 23.7 Å². The second-order valence-electron chi connectivity index (χ2n) is 6.42. The first-order valence-corrected chi connectivity index (χ1v) is 8.12. The number of hydrogen-bond acceptors (Lipinski definition) is 4. The third-order valence-electron chi connectivity index (χ3n) is 4.34. The first-order chi connectivity index (χ1) is 11.5. The van der Waals surface area contributed by atoms with Gasteiger partial charge in [-0.3, -0.25) is 0 Å². The SMILES string of the molecule is Cc1nc(C(=N)C[C@@H](C)N(C)C)c2[nH]c(-c3ccccc3)cc2n1. The van der Waals surface area contributed by atoms with Gasteiger partial charge in [0, 0.05) is 18.2 Å². The van der Waals surface area contributed by atoms with Crippen molar-refractivity contribution in [1.82, 2.24) is 19.9 Å². The van der Waals surface area contributed by atoms with Crippen molar-refractivity contribution in [2.75, 3.05) is 14.1 Å². The van der Waals surface area contributed by atoms with Crippen molar-refractivity contribution >= 4 is 16.7 Å². The van der Waals surface area contributed by atoms with Crippen LogP contribution >= 0.6 is 0 Å². The van der Waals surface area contributed by atoms with Gasteiger partial charge in [0.25, 0.3) is 0 Å². The van der Waals surface area contributed by atoms with Gasteiger partial charge in [-0.25, -0.2) is 9.97 Å². The summed E-state index contributed by atoms with van der Waals surface area (Å²) in [7, 11) is 4.06. The largest absolute Gasteiger partial charge is 0.351 e. The molecule has 1 atom stereocenters. The smallest absolute Gasteiger partial charge is 0.126 e. The van der Waals surface area contributed by atoms with Crippen LogP contribution in [0.25, 0.3) is 22.3 Å². The molecule has 0 saturated carbocycles. The standard InChI is InChI=1S/C19H23N5/c1-12(24(3)4)10-15(20)18-19-17(21-13(2)22-18)11-16(23-19)14-8-6-5-7-9-14/h5-9,11-12,20,23H,10H2,1-4H3/t12-/m1/s1. The van der Waals surface area contributed by atoms with Crippen molar-refractivity contribution in [2.45, 2.75) is 26.3 Å². The Balaban J connectivity index is 2.05. The zero-order chi connectivity index (χ0) is 17.3. The zero-order valence-electron chi connectivity index (χ0n) is 14.6. The molecule has 0 amide bonds. The average molecular weight is 321 g/mol. The van der Waals surface area contributed by atoms with Crippen LogP contribution in [0, 0.1) is 12.3 Å². The van der Waals surface area contributed by atoms with Crippen molar-refractivity contribution in [1.29, 1.82) is 5.41 Å². The number of H-pyrrole nitrogens is 1. The van der Waals surface area contributed by atoms with Gasteiger partial charge in [-0.1, -0.05) is 30.3 Å². The first kappa shape index (κ1) is 16.3. The van der Waals surface area contributed by atoms with Crippen LogP contribution in [0.2, 0.25) is 0 Å². The highest BCUT2D eigenvalue weighted by Crippen LogP contribution is 2.25. The van der Waals surface area contributed by atoms with Crippen LogP contribution in [0.4, 0.5) is 0 Å². The molecule has 0 aliphatic carbocycles. The molecule has 0 unspecified atom stereocenters. The number of benzene rings is 1. The van der Waals surface area contributed by atoms with Crippen molar-refractivity contribution in [2.24, 2.45) is 0 Å². The van der Waals surface area contributed by atoms with Crippen LogP contribution in [0.5, 0.6) is 0 Å². The van der Waals surface area contributed by atoms with Gasteiger partial charge < -0.3 is 15.3 Å². The monoisotopic (exact) mass is 321 g/mol. The molecule has 0 aliphatic rings. The Hall–Kier alpha value is -2.53. The molecule has 2 aromatic heterocycles. The lowest BCUT2D eigenvalue weighted by atomic mass is 10.1. The van der Waals surface area contributed by atoms with Gasteiger partial charge >= 0.3 is 0 Å². The molecule has 0 aliphatic heterocycles. The summed E-state index contributed by atoms with van der Waals surface area (Å²) in [4.78, 5) is 14.6. The summed E-state index contributed by atoms with van der Waals surface area (Å²) in [5.74, 6) is 0.693. The van der Waals surface area contributed by atoms with E-state index < -0.39 is 0 Å². The summed E-state index contributed by atoms with van der Waals surface area (Å²) >= 11 is 0. The van der Waals surface area contributed by atoms with Crippen molar-refractivity contribution in [3.05, 3.63) is 47.9 Å². The molecule has 0 fully saturated rings. The number of aromatic amines is 1. The second-order valence-corrected chi connectivity index (χ2v) is 6.42. The van der Waals surface area contributed by atoms with Gasteiger partial charge in [-0.05, 0) is 39.6 Å². The van der Waals surface area contributed by atoms with Gasteiger partial charge in [0.05, 0.1) is 16.7 Å². The Morgan fingerprint density at radius 2 is 1.92 bits per heavy atom. The molecule has 5 nitrogen and oxygen atoms in total. The van der Waals surface area contributed by atoms with Gasteiger partial charge in [-0.2, -0.15) is 0 Å². The Labute approximate surface area is 142 Å². The highest BCUT2D eigenvalue weighted by molar-refractivity contribution is 6.06. The van der Waals surface area contributed by atoms with E-state index >= 15 is 0 Å². The summed E-state index contributed by atoms with van der Waals surface area (Å²) in [5, 5.41) is 8.51. The molecule has 3 aromatic rings. The van der Waals surface area contributed by atoms with Crippen LogP contribution in [-0.4, -0.2) is 45.7 Å². The molecule has 5 heteroatoms. The predicted octanol–water partition coefficient (Wildman–Crippen LogP) is 3.64. The molecule has 2 N–H and O–H groups in total. The number of aromatic nitrogens is 3. The first-order valence-electron chi connectivity index (χ1n) is 8.12. The van der Waals surface area contributed by atoms with Crippen molar-refractivity contribution in [3.8, 4) is 11.3 Å². The van der Waals surface area contributed by atoms with E-state index in [9.17, 15) is 0 Å². The minimum atomic E-state index is 0.284. The van der Waals surface area contributed by atoms with E-state index in [0.717, 1.165) is 22.3 Å². The van der Waals surface area contributed by atoms with Crippen LogP contribution in [0.15, 0.2) is 36.4 Å². The van der Waals surface area contributed by atoms with Crippen LogP contribution in [0.3, 0.4) is 0 Å². The Morgan fingerprint density at radius 3 is 2.58 bits per heavy atom. The third kappa shape index (κ3) is 3.21. The van der Waals surface area contributed by atoms with Crippen LogP contribution in [0.1, 0.15) is 24.9 Å². The lowest BCUT2D eigenvalue weighted by Crippen LogP contribution is -2.27. The molecule has 1 aromatic carbocycles. The molecule has 0 bridgehead atoms. The lowest BCUT2D eigenvalue weighted by Gasteiger charge is -2.19. The average Bonchev–Trinajstić information content (AvgIpc) is 2.98. The molecule has 0 spiro atoms. The lowest BCUT2D eigenvalue weighted by molar-refractivity contribution is 0.321. The predicted molar refractivity (Wildman–Crippen MR) is 98.7 cm³/mol. The highest BCUT2D eigenvalue weighted by Gasteiger charge is 2.17. The number of aryl methyl sites for hydroxylation is 1. The van der Waals surface area contributed by atoms with E-state index in [1.165, 1.54) is 0 Å². The minimum Gasteiger partial charge on any atom is -0.351 e. The summed E-state index contributed by atoms with van der Waals surface area (Å²) in [5.41, 5.74) is 5.04. The fourth-order valence-corrected chi connectivity index (χ4v) is 2.70. The summed E-state index contributed by atoms with van der Waals surface area (Å²) in [6.07, 6.45) is 0.651. The maximum absolute atomic E-state index is 8.51. The van der Waals surface area contributed by atoms with Crippen LogP contribution < -0.4 is 0 Å². The summed E-state index contributed by atoms with van der Waals surface area (Å²) in [6, 6.07) is 12.5. The molecule has 3 rings (SSSR count). The Bertz CT molecular complexity index is 864. The van der Waals surface area contributed by atoms with Crippen molar-refractivity contribution in [3.63, 3.8) is 0 Å². The summed E-state index contributed by atoms with van der Waals surface area (Å²) in [6.45, 7) is 3.99. The molecule has 124 valence electrons. The minimum absolute atomic E-state index is 0.284. The van der Waals surface area contributed by atoms with E-state index in [1.807, 2.05) is 45.3 Å². The topological polar surface area (TPSA) is 68.7 Å². The van der Waals surface area contributed by atoms with E-state index in [1.54, 1.807) is 0 Å². The number of rotatable bonds is 5. The van der Waals surface area contributed by atoms with Gasteiger partial charge in [0.2, 0.25) is 0 Å². The van der Waals surface area contributed by atoms with Crippen molar-refractivity contribution < 1.29 is 0 Å². The van der Waals surface area contributed by atoms with Gasteiger partial charge in [0.1, 0.15) is 11.5 Å². The number of hydrogen-bond donors (Lipinski definition) is 2. The fraction of sp³-hybridized carbons (Fsp3) is 0.316. The third-order valence-corrected chi connectivity index (χ3v) is 4.34. The van der Waals surface area contributed by atoms with E-state index in [2.05, 4.69) is 38.9 Å². The highest BCUT2D eigenvalue weighted by atomic mass is 15.1. The molecular formula is C19H23N5. The molecule has 24 heavy (non-hydrogen) atoms. The number of nitrogens with one attached hydrogen (secondary N) is 2. The molecule has 2 heterocycles. The molecule has 0 radical (unpaired) electrons. The Kier molecular flexibility index (Phi) is 4.44. The van der Waals surface area contributed by atoms with E-state index in [-0.39, 0.29) is 6.04 Å². The zero-order valence-corrected chi connectivity index (χ0v) is 14.6. The maximum Gasteiger partial charge on any atom is 0.126 e. The quantitative estimate of drug-likeness (QED) is 0.705. The Morgan fingerprint density at radius 1 is 1.21 bits per heavy atom. The molecular weight excluding hydrogens is 298 g/mol. The number of fused-ring (bicyclic) bond motifs is 1. The van der Waals surface area contributed by atoms with Crippen LogP contribution in [-0.2, 0) is 0 Å². The fourth-order valence-electron chi connectivity index (χ4n) is 2.70. The molecule has 0 saturated heterocycles. The van der Waals surface area contributed by atoms with Gasteiger partial charge in [-0.15, -0.1) is 0 Å². The second kappa shape index (κ2) is 6.53. The maximum atomic E-state index is 8.51. The number of nitrogens with zero attached hydrogens (tertiary/aromatic N) is 3. The summed E-state index contributed by atoms with van der Waals surface area (Å²) < 4.78 is 0. The van der Waals surface area contributed by atoms with E-state index in [4.69, 9.17) is 5.41 Å². The van der Waals surface area contributed by atoms with Gasteiger partial charge in [0.15, 0.2) is 0 Å².